The summed E-state index contributed by atoms with van der Waals surface area (Å²) in [6.07, 6.45) is 4.41. The molecule has 2 rings (SSSR count). The van der Waals surface area contributed by atoms with Crippen LogP contribution in [0.25, 0.3) is 0 Å². The molecule has 1 heterocycles. The van der Waals surface area contributed by atoms with Crippen molar-refractivity contribution in [3.8, 4) is 0 Å². The van der Waals surface area contributed by atoms with E-state index in [1.807, 2.05) is 0 Å². The van der Waals surface area contributed by atoms with Crippen molar-refractivity contribution in [1.82, 2.24) is 4.90 Å². The second kappa shape index (κ2) is 6.20. The van der Waals surface area contributed by atoms with Crippen molar-refractivity contribution >= 4 is 5.84 Å². The largest absolute Gasteiger partial charge is 0.387 e. The van der Waals surface area contributed by atoms with Gasteiger partial charge in [0.25, 0.3) is 0 Å². The van der Waals surface area contributed by atoms with Crippen LogP contribution in [0.4, 0.5) is 0 Å². The van der Waals surface area contributed by atoms with Gasteiger partial charge in [-0.2, -0.15) is 0 Å². The molecule has 3 nitrogen and oxygen atoms in total. The van der Waals surface area contributed by atoms with Crippen molar-refractivity contribution < 1.29 is 0 Å². The minimum atomic E-state index is -0.0596. The Hall–Kier alpha value is -1.35. The number of hydrogen-bond donors (Lipinski definition) is 2. The van der Waals surface area contributed by atoms with Gasteiger partial charge in [0.15, 0.2) is 0 Å². The monoisotopic (exact) mass is 259 g/mol. The first-order valence-electron chi connectivity index (χ1n) is 7.21. The first-order valence-corrected chi connectivity index (χ1v) is 7.21. The van der Waals surface area contributed by atoms with Crippen LogP contribution >= 0.6 is 0 Å². The number of rotatable bonds is 5. The second-order valence-corrected chi connectivity index (χ2v) is 5.91. The van der Waals surface area contributed by atoms with Crippen LogP contribution in [0.2, 0.25) is 0 Å². The summed E-state index contributed by atoms with van der Waals surface area (Å²) in [5.74, 6) is 0.358. The second-order valence-electron chi connectivity index (χ2n) is 5.91. The molecule has 104 valence electrons. The van der Waals surface area contributed by atoms with Gasteiger partial charge in [-0.15, -0.1) is 0 Å². The van der Waals surface area contributed by atoms with Gasteiger partial charge in [-0.3, -0.25) is 5.41 Å². The molecule has 1 aliphatic heterocycles. The maximum atomic E-state index is 7.66. The number of nitrogens with zero attached hydrogens (tertiary/aromatic N) is 1. The van der Waals surface area contributed by atoms with Gasteiger partial charge in [-0.05, 0) is 50.9 Å². The van der Waals surface area contributed by atoms with Crippen LogP contribution in [-0.2, 0) is 6.42 Å². The Morgan fingerprint density at radius 2 is 1.89 bits per heavy atom. The molecule has 1 saturated heterocycles. The maximum Gasteiger partial charge on any atom is 0.0966 e. The normalized spacial score (nSPS) is 19.2. The lowest BCUT2D eigenvalue weighted by molar-refractivity contribution is 0.161. The smallest absolute Gasteiger partial charge is 0.0966 e. The van der Waals surface area contributed by atoms with E-state index < -0.39 is 0 Å². The molecule has 0 radical (unpaired) electrons. The third-order valence-corrected chi connectivity index (χ3v) is 4.39. The molecule has 1 aliphatic rings. The van der Waals surface area contributed by atoms with Gasteiger partial charge < -0.3 is 10.6 Å². The molecule has 0 atom stereocenters. The van der Waals surface area contributed by atoms with Crippen LogP contribution < -0.4 is 5.73 Å². The fourth-order valence-corrected chi connectivity index (χ4v) is 2.69. The average molecular weight is 259 g/mol. The number of piperidine rings is 1. The molecular weight excluding hydrogens is 234 g/mol. The van der Waals surface area contributed by atoms with Crippen LogP contribution in [0.1, 0.15) is 31.7 Å². The van der Waals surface area contributed by atoms with E-state index in [4.69, 9.17) is 11.1 Å². The van der Waals surface area contributed by atoms with Crippen LogP contribution in [-0.4, -0.2) is 30.4 Å². The lowest BCUT2D eigenvalue weighted by atomic mass is 9.79. The molecule has 0 bridgehead atoms. The van der Waals surface area contributed by atoms with Gasteiger partial charge in [0.05, 0.1) is 5.84 Å². The van der Waals surface area contributed by atoms with E-state index in [0.29, 0.717) is 5.84 Å². The highest BCUT2D eigenvalue weighted by atomic mass is 15.1. The predicted octanol–water partition coefficient (Wildman–Crippen LogP) is 2.66. The number of benzene rings is 1. The average Bonchev–Trinajstić information content (AvgIpc) is 2.42. The Labute approximate surface area is 116 Å². The van der Waals surface area contributed by atoms with Gasteiger partial charge in [0.2, 0.25) is 0 Å². The molecule has 0 unspecified atom stereocenters. The van der Waals surface area contributed by atoms with Crippen molar-refractivity contribution in [1.29, 1.82) is 5.41 Å². The minimum Gasteiger partial charge on any atom is -0.387 e. The molecule has 3 N–H and O–H groups in total. The highest BCUT2D eigenvalue weighted by Gasteiger charge is 2.32. The van der Waals surface area contributed by atoms with Gasteiger partial charge >= 0.3 is 0 Å². The number of likely N-dealkylation sites (tertiary alicyclic amines) is 1. The van der Waals surface area contributed by atoms with Crippen molar-refractivity contribution in [3.63, 3.8) is 0 Å². The molecule has 19 heavy (non-hydrogen) atoms. The highest BCUT2D eigenvalue weighted by molar-refractivity contribution is 5.83. The summed E-state index contributed by atoms with van der Waals surface area (Å²) in [5.41, 5.74) is 7.05. The Morgan fingerprint density at radius 1 is 1.26 bits per heavy atom. The van der Waals surface area contributed by atoms with E-state index in [1.54, 1.807) is 0 Å². The fraction of sp³-hybridized carbons (Fsp3) is 0.562. The fourth-order valence-electron chi connectivity index (χ4n) is 2.69. The van der Waals surface area contributed by atoms with Crippen LogP contribution in [0.15, 0.2) is 30.3 Å². The Balaban J connectivity index is 1.70. The number of amidine groups is 1. The predicted molar refractivity (Wildman–Crippen MR) is 80.5 cm³/mol. The topological polar surface area (TPSA) is 53.1 Å². The van der Waals surface area contributed by atoms with Gasteiger partial charge in [0, 0.05) is 5.41 Å². The summed E-state index contributed by atoms with van der Waals surface area (Å²) >= 11 is 0. The van der Waals surface area contributed by atoms with Gasteiger partial charge in [-0.1, -0.05) is 37.3 Å². The zero-order valence-electron chi connectivity index (χ0n) is 11.9. The summed E-state index contributed by atoms with van der Waals surface area (Å²) in [7, 11) is 0. The lowest BCUT2D eigenvalue weighted by Gasteiger charge is -2.38. The van der Waals surface area contributed by atoms with Crippen molar-refractivity contribution in [2.24, 2.45) is 11.1 Å². The zero-order chi connectivity index (χ0) is 13.7. The van der Waals surface area contributed by atoms with Gasteiger partial charge in [0.1, 0.15) is 0 Å². The van der Waals surface area contributed by atoms with Crippen molar-refractivity contribution in [3.05, 3.63) is 35.9 Å². The number of aryl methyl sites for hydroxylation is 1. The summed E-state index contributed by atoms with van der Waals surface area (Å²) in [6.45, 7) is 5.43. The zero-order valence-corrected chi connectivity index (χ0v) is 11.9. The quantitative estimate of drug-likeness (QED) is 0.631. The third-order valence-electron chi connectivity index (χ3n) is 4.39. The number of hydrogen-bond acceptors (Lipinski definition) is 2. The minimum absolute atomic E-state index is 0.0596. The number of nitrogens with one attached hydrogen (secondary N) is 1. The van der Waals surface area contributed by atoms with E-state index in [-0.39, 0.29) is 5.41 Å². The molecule has 0 aromatic heterocycles. The molecule has 0 aliphatic carbocycles. The highest BCUT2D eigenvalue weighted by Crippen LogP contribution is 2.30. The molecule has 0 spiro atoms. The van der Waals surface area contributed by atoms with Crippen molar-refractivity contribution in [2.75, 3.05) is 19.6 Å². The first kappa shape index (κ1) is 14.1. The Kier molecular flexibility index (Phi) is 4.59. The molecule has 1 aromatic rings. The maximum absolute atomic E-state index is 7.66. The first-order chi connectivity index (χ1) is 9.10. The number of nitrogens with two attached hydrogens (primary N) is 1. The molecule has 1 aromatic carbocycles. The summed E-state index contributed by atoms with van der Waals surface area (Å²) < 4.78 is 0. The van der Waals surface area contributed by atoms with Crippen LogP contribution in [0.5, 0.6) is 0 Å². The van der Waals surface area contributed by atoms with Crippen molar-refractivity contribution in [2.45, 2.75) is 32.6 Å². The Morgan fingerprint density at radius 3 is 2.47 bits per heavy atom. The van der Waals surface area contributed by atoms with Crippen LogP contribution in [0.3, 0.4) is 0 Å². The third kappa shape index (κ3) is 3.80. The summed E-state index contributed by atoms with van der Waals surface area (Å²) in [5, 5.41) is 7.66. The molecule has 0 saturated carbocycles. The van der Waals surface area contributed by atoms with Crippen LogP contribution in [0, 0.1) is 10.8 Å². The van der Waals surface area contributed by atoms with E-state index >= 15 is 0 Å². The van der Waals surface area contributed by atoms with E-state index in [2.05, 4.69) is 42.2 Å². The molecular formula is C16H25N3. The molecule has 1 fully saturated rings. The SMILES string of the molecule is CC1(C(=N)N)CCN(CCCc2ccccc2)CC1. The Bertz CT molecular complexity index is 405. The van der Waals surface area contributed by atoms with E-state index in [9.17, 15) is 0 Å². The molecule has 3 heteroatoms. The lowest BCUT2D eigenvalue weighted by Crippen LogP contribution is -2.45. The molecule has 0 amide bonds. The summed E-state index contributed by atoms with van der Waals surface area (Å²) in [6, 6.07) is 10.7. The summed E-state index contributed by atoms with van der Waals surface area (Å²) in [4.78, 5) is 2.51. The van der Waals surface area contributed by atoms with Gasteiger partial charge in [-0.25, -0.2) is 0 Å². The standard InChI is InChI=1S/C16H25N3/c1-16(15(17)18)9-12-19(13-10-16)11-5-8-14-6-3-2-4-7-14/h2-4,6-7H,5,8-13H2,1H3,(H3,17,18). The van der Waals surface area contributed by atoms with E-state index in [1.165, 1.54) is 12.0 Å². The van der Waals surface area contributed by atoms with E-state index in [0.717, 1.165) is 38.9 Å².